The topological polar surface area (TPSA) is 41.6 Å². The van der Waals surface area contributed by atoms with Gasteiger partial charge in [-0.15, -0.1) is 0 Å². The predicted octanol–water partition coefficient (Wildman–Crippen LogP) is 5.04. The van der Waals surface area contributed by atoms with E-state index in [0.29, 0.717) is 5.92 Å². The van der Waals surface area contributed by atoms with Gasteiger partial charge in [-0.2, -0.15) is 0 Å². The van der Waals surface area contributed by atoms with E-state index in [4.69, 9.17) is 4.74 Å². The zero-order valence-corrected chi connectivity index (χ0v) is 18.2. The number of likely N-dealkylation sites (tertiary alicyclic amines) is 1. The van der Waals surface area contributed by atoms with Gasteiger partial charge >= 0.3 is 6.09 Å². The number of rotatable bonds is 5. The zero-order chi connectivity index (χ0) is 21.7. The molecule has 3 aromatic carbocycles. The van der Waals surface area contributed by atoms with Gasteiger partial charge in [-0.1, -0.05) is 97.9 Å². The lowest BCUT2D eigenvalue weighted by Crippen LogP contribution is -2.59. The lowest BCUT2D eigenvalue weighted by Gasteiger charge is -2.50. The maximum Gasteiger partial charge on any atom is 0.407 e. The highest BCUT2D eigenvalue weighted by Gasteiger charge is 2.45. The molecule has 2 atom stereocenters. The molecular weight excluding hydrogens is 384 g/mol. The third-order valence-electron chi connectivity index (χ3n) is 6.50. The van der Waals surface area contributed by atoms with E-state index >= 15 is 0 Å². The van der Waals surface area contributed by atoms with E-state index < -0.39 is 5.54 Å². The van der Waals surface area contributed by atoms with Crippen LogP contribution in [0.1, 0.15) is 30.0 Å². The Balaban J connectivity index is 1.89. The van der Waals surface area contributed by atoms with Crippen LogP contribution in [0.2, 0.25) is 0 Å². The molecule has 3 aromatic rings. The summed E-state index contributed by atoms with van der Waals surface area (Å²) in [5.41, 5.74) is 3.20. The molecule has 160 valence electrons. The molecule has 4 rings (SSSR count). The quantitative estimate of drug-likeness (QED) is 0.595. The molecule has 1 fully saturated rings. The van der Waals surface area contributed by atoms with Crippen molar-refractivity contribution in [3.05, 3.63) is 108 Å². The van der Waals surface area contributed by atoms with Crippen LogP contribution < -0.4 is 5.32 Å². The molecule has 0 saturated carbocycles. The molecule has 1 heterocycles. The van der Waals surface area contributed by atoms with E-state index in [0.717, 1.165) is 19.5 Å². The lowest BCUT2D eigenvalue weighted by molar-refractivity contribution is 0.0755. The Kier molecular flexibility index (Phi) is 6.38. The van der Waals surface area contributed by atoms with Crippen LogP contribution in [0, 0.1) is 5.92 Å². The molecule has 31 heavy (non-hydrogen) atoms. The number of carbonyl (C=O) groups excluding carboxylic acids is 1. The molecule has 1 aliphatic rings. The Bertz CT molecular complexity index is 879. The number of hydrogen-bond acceptors (Lipinski definition) is 3. The molecule has 1 amide bonds. The van der Waals surface area contributed by atoms with Crippen molar-refractivity contribution in [3.63, 3.8) is 0 Å². The van der Waals surface area contributed by atoms with Crippen molar-refractivity contribution in [1.29, 1.82) is 0 Å². The molecule has 0 spiro atoms. The van der Waals surface area contributed by atoms with Crippen LogP contribution in [0.25, 0.3) is 0 Å². The van der Waals surface area contributed by atoms with Crippen LogP contribution >= 0.6 is 0 Å². The molecule has 2 unspecified atom stereocenters. The maximum atomic E-state index is 12.0. The van der Waals surface area contributed by atoms with Crippen molar-refractivity contribution in [3.8, 4) is 0 Å². The first-order valence-corrected chi connectivity index (χ1v) is 10.9. The summed E-state index contributed by atoms with van der Waals surface area (Å²) in [6, 6.07) is 32.1. The smallest absolute Gasteiger partial charge is 0.407 e. The number of piperidine rings is 1. The number of carbonyl (C=O) groups is 1. The number of amides is 1. The summed E-state index contributed by atoms with van der Waals surface area (Å²) in [5, 5.41) is 3.07. The minimum atomic E-state index is -0.458. The first kappa shape index (κ1) is 21.1. The van der Waals surface area contributed by atoms with Crippen molar-refractivity contribution in [2.75, 3.05) is 20.2 Å². The minimum absolute atomic E-state index is 0.0108. The normalized spacial score (nSPS) is 19.5. The van der Waals surface area contributed by atoms with Crippen molar-refractivity contribution in [2.45, 2.75) is 24.9 Å². The molecular formula is C27H30N2O2. The summed E-state index contributed by atoms with van der Waals surface area (Å²) in [6.07, 6.45) is 0.617. The summed E-state index contributed by atoms with van der Waals surface area (Å²) >= 11 is 0. The molecule has 0 radical (unpaired) electrons. The highest BCUT2D eigenvalue weighted by molar-refractivity contribution is 5.67. The van der Waals surface area contributed by atoms with Crippen LogP contribution in [0.3, 0.4) is 0 Å². The van der Waals surface area contributed by atoms with E-state index in [-0.39, 0.29) is 12.1 Å². The number of benzene rings is 3. The molecule has 0 aliphatic carbocycles. The summed E-state index contributed by atoms with van der Waals surface area (Å²) in [7, 11) is 1.42. The number of nitrogens with one attached hydrogen (secondary N) is 1. The van der Waals surface area contributed by atoms with Gasteiger partial charge in [-0.25, -0.2) is 4.79 Å². The molecule has 4 nitrogen and oxygen atoms in total. The molecule has 1 aliphatic heterocycles. The minimum Gasteiger partial charge on any atom is -0.453 e. The number of hydrogen-bond donors (Lipinski definition) is 1. The Morgan fingerprint density at radius 1 is 0.871 bits per heavy atom. The maximum absolute atomic E-state index is 12.0. The van der Waals surface area contributed by atoms with Crippen LogP contribution in [-0.4, -0.2) is 37.2 Å². The summed E-state index contributed by atoms with van der Waals surface area (Å²) in [6.45, 7) is 3.86. The fourth-order valence-corrected chi connectivity index (χ4v) is 4.86. The van der Waals surface area contributed by atoms with Crippen molar-refractivity contribution >= 4 is 6.09 Å². The standard InChI is InChI=1S/C27H30N2O2/c1-21-18-19-29(20-25(21)28-26(30)31-2)27(22-12-6-3-7-13-22,23-14-8-4-9-15-23)24-16-10-5-11-17-24/h3-17,21,25H,18-20H2,1-2H3,(H,28,30). The number of alkyl carbamates (subject to hydrolysis) is 1. The van der Waals surface area contributed by atoms with Gasteiger partial charge in [0.25, 0.3) is 0 Å². The Morgan fingerprint density at radius 2 is 1.32 bits per heavy atom. The molecule has 4 heteroatoms. The van der Waals surface area contributed by atoms with Gasteiger partial charge < -0.3 is 10.1 Å². The Morgan fingerprint density at radius 3 is 1.74 bits per heavy atom. The van der Waals surface area contributed by atoms with Crippen LogP contribution in [0.5, 0.6) is 0 Å². The first-order chi connectivity index (χ1) is 15.2. The van der Waals surface area contributed by atoms with Crippen molar-refractivity contribution in [1.82, 2.24) is 10.2 Å². The zero-order valence-electron chi connectivity index (χ0n) is 18.2. The van der Waals surface area contributed by atoms with Gasteiger partial charge in [0, 0.05) is 19.1 Å². The first-order valence-electron chi connectivity index (χ1n) is 10.9. The molecule has 1 saturated heterocycles. The van der Waals surface area contributed by atoms with Crippen LogP contribution in [0.4, 0.5) is 4.79 Å². The second kappa shape index (κ2) is 9.36. The largest absolute Gasteiger partial charge is 0.453 e. The van der Waals surface area contributed by atoms with E-state index in [1.807, 2.05) is 0 Å². The van der Waals surface area contributed by atoms with E-state index in [1.54, 1.807) is 0 Å². The molecule has 1 N–H and O–H groups in total. The van der Waals surface area contributed by atoms with Gasteiger partial charge in [-0.05, 0) is 29.0 Å². The fraction of sp³-hybridized carbons (Fsp3) is 0.296. The predicted molar refractivity (Wildman–Crippen MR) is 124 cm³/mol. The summed E-state index contributed by atoms with van der Waals surface area (Å²) in [5.74, 6) is 0.371. The molecule has 0 aromatic heterocycles. The fourth-order valence-electron chi connectivity index (χ4n) is 4.86. The lowest BCUT2D eigenvalue weighted by atomic mass is 9.74. The van der Waals surface area contributed by atoms with Crippen LogP contribution in [0.15, 0.2) is 91.0 Å². The van der Waals surface area contributed by atoms with Gasteiger partial charge in [0.15, 0.2) is 0 Å². The van der Waals surface area contributed by atoms with Gasteiger partial charge in [0.1, 0.15) is 0 Å². The average molecular weight is 415 g/mol. The Hall–Kier alpha value is -3.11. The van der Waals surface area contributed by atoms with E-state index in [9.17, 15) is 4.79 Å². The van der Waals surface area contributed by atoms with Crippen LogP contribution in [-0.2, 0) is 10.3 Å². The number of methoxy groups -OCH3 is 1. The van der Waals surface area contributed by atoms with Crippen molar-refractivity contribution < 1.29 is 9.53 Å². The second-order valence-corrected chi connectivity index (χ2v) is 8.26. The summed E-state index contributed by atoms with van der Waals surface area (Å²) < 4.78 is 4.91. The summed E-state index contributed by atoms with van der Waals surface area (Å²) in [4.78, 5) is 14.6. The second-order valence-electron chi connectivity index (χ2n) is 8.26. The number of ether oxygens (including phenoxy) is 1. The van der Waals surface area contributed by atoms with Crippen molar-refractivity contribution in [2.24, 2.45) is 5.92 Å². The van der Waals surface area contributed by atoms with E-state index in [1.165, 1.54) is 23.8 Å². The SMILES string of the molecule is COC(=O)NC1CN(C(c2ccccc2)(c2ccccc2)c2ccccc2)CCC1C. The number of nitrogens with zero attached hydrogens (tertiary/aromatic N) is 1. The van der Waals surface area contributed by atoms with E-state index in [2.05, 4.69) is 108 Å². The highest BCUT2D eigenvalue weighted by atomic mass is 16.5. The third-order valence-corrected chi connectivity index (χ3v) is 6.50. The average Bonchev–Trinajstić information content (AvgIpc) is 2.83. The van der Waals surface area contributed by atoms with Gasteiger partial charge in [0.2, 0.25) is 0 Å². The Labute approximate surface area is 184 Å². The third kappa shape index (κ3) is 4.08. The monoisotopic (exact) mass is 414 g/mol. The highest BCUT2D eigenvalue weighted by Crippen LogP contribution is 2.44. The van der Waals surface area contributed by atoms with Gasteiger partial charge in [-0.3, -0.25) is 4.90 Å². The van der Waals surface area contributed by atoms with Gasteiger partial charge in [0.05, 0.1) is 12.6 Å². The molecule has 0 bridgehead atoms.